The van der Waals surface area contributed by atoms with Crippen LogP contribution in [0, 0.1) is 0 Å². The van der Waals surface area contributed by atoms with Crippen molar-refractivity contribution < 1.29 is 0 Å². The molecule has 0 saturated carbocycles. The molecule has 5 aromatic rings. The lowest BCUT2D eigenvalue weighted by Crippen LogP contribution is -2.29. The molecular weight excluding hydrogens is 388 g/mol. The highest BCUT2D eigenvalue weighted by Crippen LogP contribution is 2.30. The normalized spacial score (nSPS) is 16.3. The highest BCUT2D eigenvalue weighted by Gasteiger charge is 2.24. The van der Waals surface area contributed by atoms with Crippen LogP contribution in [0.25, 0.3) is 22.5 Å². The van der Waals surface area contributed by atoms with E-state index in [4.69, 9.17) is 9.97 Å². The Morgan fingerprint density at radius 1 is 1.19 bits per heavy atom. The van der Waals surface area contributed by atoms with E-state index in [1.54, 1.807) is 12.5 Å². The third-order valence-corrected chi connectivity index (χ3v) is 6.17. The number of rotatable bonds is 4. The molecule has 0 amide bonds. The predicted molar refractivity (Wildman–Crippen MR) is 120 cm³/mol. The van der Waals surface area contributed by atoms with Crippen molar-refractivity contribution in [3.8, 4) is 5.95 Å². The Morgan fingerprint density at radius 2 is 2.10 bits per heavy atom. The molecule has 0 unspecified atom stereocenters. The number of H-pyrrole nitrogens is 1. The lowest BCUT2D eigenvalue weighted by molar-refractivity contribution is 0.599. The van der Waals surface area contributed by atoms with Crippen LogP contribution in [0.5, 0.6) is 0 Å². The van der Waals surface area contributed by atoms with E-state index in [9.17, 15) is 0 Å². The number of aryl methyl sites for hydroxylation is 1. The van der Waals surface area contributed by atoms with E-state index in [1.165, 1.54) is 22.2 Å². The topological polar surface area (TPSA) is 88.7 Å². The molecule has 0 radical (unpaired) electrons. The molecule has 6 rings (SSSR count). The van der Waals surface area contributed by atoms with Crippen LogP contribution in [-0.4, -0.2) is 40.2 Å². The highest BCUT2D eigenvalue weighted by atomic mass is 15.4. The Bertz CT molecular complexity index is 1380. The first-order valence-corrected chi connectivity index (χ1v) is 10.8. The summed E-state index contributed by atoms with van der Waals surface area (Å²) in [5, 5.41) is 9.60. The van der Waals surface area contributed by atoms with Gasteiger partial charge < -0.3 is 10.3 Å². The largest absolute Gasteiger partial charge is 0.358 e. The fourth-order valence-electron chi connectivity index (χ4n) is 4.55. The molecule has 0 saturated heterocycles. The van der Waals surface area contributed by atoms with Crippen molar-refractivity contribution in [3.05, 3.63) is 66.0 Å². The van der Waals surface area contributed by atoms with Gasteiger partial charge in [0.15, 0.2) is 5.65 Å². The Kier molecular flexibility index (Phi) is 4.05. The molecule has 1 aromatic carbocycles. The van der Waals surface area contributed by atoms with Crippen molar-refractivity contribution in [1.82, 2.24) is 34.1 Å². The first-order chi connectivity index (χ1) is 15.2. The molecule has 1 aliphatic rings. The van der Waals surface area contributed by atoms with Gasteiger partial charge in [0.1, 0.15) is 6.33 Å². The molecule has 8 nitrogen and oxygen atoms in total. The van der Waals surface area contributed by atoms with Gasteiger partial charge in [-0.3, -0.25) is 4.57 Å². The minimum atomic E-state index is 0.271. The minimum Gasteiger partial charge on any atom is -0.358 e. The number of aromatic amines is 1. The van der Waals surface area contributed by atoms with Crippen LogP contribution in [0.1, 0.15) is 43.0 Å². The molecule has 1 aliphatic carbocycles. The van der Waals surface area contributed by atoms with Crippen molar-refractivity contribution >= 4 is 22.5 Å². The summed E-state index contributed by atoms with van der Waals surface area (Å²) in [5.74, 6) is 1.63. The summed E-state index contributed by atoms with van der Waals surface area (Å²) < 4.78 is 3.67. The number of imidazole rings is 1. The van der Waals surface area contributed by atoms with Gasteiger partial charge in [-0.1, -0.05) is 32.0 Å². The summed E-state index contributed by atoms with van der Waals surface area (Å²) in [5.41, 5.74) is 5.91. The average molecular weight is 413 g/mol. The fourth-order valence-corrected chi connectivity index (χ4v) is 4.55. The second-order valence-electron chi connectivity index (χ2n) is 8.52. The van der Waals surface area contributed by atoms with Gasteiger partial charge >= 0.3 is 0 Å². The van der Waals surface area contributed by atoms with Crippen LogP contribution in [0.3, 0.4) is 0 Å². The van der Waals surface area contributed by atoms with Gasteiger partial charge in [-0.05, 0) is 36.8 Å². The molecule has 8 heteroatoms. The highest BCUT2D eigenvalue weighted by molar-refractivity contribution is 5.85. The van der Waals surface area contributed by atoms with Crippen LogP contribution in [0.15, 0.2) is 49.2 Å². The van der Waals surface area contributed by atoms with E-state index in [-0.39, 0.29) is 6.04 Å². The summed E-state index contributed by atoms with van der Waals surface area (Å²) in [6.07, 6.45) is 10.2. The molecule has 31 heavy (non-hydrogen) atoms. The van der Waals surface area contributed by atoms with E-state index < -0.39 is 0 Å². The molecule has 0 fully saturated rings. The van der Waals surface area contributed by atoms with E-state index in [0.717, 1.165) is 30.5 Å². The van der Waals surface area contributed by atoms with Gasteiger partial charge in [-0.15, -0.1) is 0 Å². The van der Waals surface area contributed by atoms with Crippen molar-refractivity contribution in [2.75, 3.05) is 5.32 Å². The van der Waals surface area contributed by atoms with E-state index in [2.05, 4.69) is 58.5 Å². The zero-order valence-electron chi connectivity index (χ0n) is 17.6. The Labute approximate surface area is 179 Å². The smallest absolute Gasteiger partial charge is 0.240 e. The monoisotopic (exact) mass is 412 g/mol. The molecule has 2 N–H and O–H groups in total. The summed E-state index contributed by atoms with van der Waals surface area (Å²) in [4.78, 5) is 17.3. The summed E-state index contributed by atoms with van der Waals surface area (Å²) >= 11 is 0. The first-order valence-electron chi connectivity index (χ1n) is 10.8. The van der Waals surface area contributed by atoms with Crippen LogP contribution in [0.2, 0.25) is 0 Å². The maximum absolute atomic E-state index is 4.81. The molecule has 0 spiro atoms. The summed E-state index contributed by atoms with van der Waals surface area (Å²) in [7, 11) is 0. The molecule has 1 atom stereocenters. The first kappa shape index (κ1) is 18.1. The lowest BCUT2D eigenvalue weighted by Gasteiger charge is -2.24. The number of para-hydroxylation sites is 1. The second kappa shape index (κ2) is 6.94. The molecule has 0 bridgehead atoms. The average Bonchev–Trinajstić information content (AvgIpc) is 3.51. The van der Waals surface area contributed by atoms with Gasteiger partial charge in [0, 0.05) is 40.6 Å². The number of benzene rings is 1. The lowest BCUT2D eigenvalue weighted by atomic mass is 9.91. The molecule has 156 valence electrons. The number of nitrogens with one attached hydrogen (secondary N) is 2. The van der Waals surface area contributed by atoms with Gasteiger partial charge in [0.05, 0.1) is 6.20 Å². The van der Waals surface area contributed by atoms with E-state index >= 15 is 0 Å². The maximum Gasteiger partial charge on any atom is 0.240 e. The van der Waals surface area contributed by atoms with Crippen LogP contribution >= 0.6 is 0 Å². The standard InChI is InChI=1S/C23H24N8/c1-14(2)18-12-25-31-21(18)28-22(30-10-9-24-13-30)29-23(31)26-15-7-8-20-17(11-15)16-5-3-4-6-19(16)27-20/h3-6,9-10,12-15,27H,7-8,11H2,1-2H3,(H,26,28,29)/t15-/m1/s1. The quantitative estimate of drug-likeness (QED) is 0.468. The fraction of sp³-hybridized carbons (Fsp3) is 0.304. The third-order valence-electron chi connectivity index (χ3n) is 6.17. The second-order valence-corrected chi connectivity index (χ2v) is 8.52. The van der Waals surface area contributed by atoms with Gasteiger partial charge in [-0.2, -0.15) is 19.6 Å². The summed E-state index contributed by atoms with van der Waals surface area (Å²) in [6, 6.07) is 8.82. The van der Waals surface area contributed by atoms with Gasteiger partial charge in [-0.25, -0.2) is 4.98 Å². The van der Waals surface area contributed by atoms with E-state index in [0.29, 0.717) is 17.8 Å². The predicted octanol–water partition coefficient (Wildman–Crippen LogP) is 3.88. The van der Waals surface area contributed by atoms with Crippen molar-refractivity contribution in [1.29, 1.82) is 0 Å². The molecule has 4 heterocycles. The Morgan fingerprint density at radius 3 is 2.94 bits per heavy atom. The van der Waals surface area contributed by atoms with Crippen LogP contribution < -0.4 is 5.32 Å². The number of hydrogen-bond donors (Lipinski definition) is 2. The van der Waals surface area contributed by atoms with Crippen molar-refractivity contribution in [2.45, 2.75) is 45.1 Å². The SMILES string of the molecule is CC(C)c1cnn2c(N[C@@H]3CCc4[nH]c5ccccc5c4C3)nc(-n3ccnc3)nc12. The van der Waals surface area contributed by atoms with Crippen molar-refractivity contribution in [2.24, 2.45) is 0 Å². The minimum absolute atomic E-state index is 0.271. The zero-order chi connectivity index (χ0) is 20.9. The van der Waals surface area contributed by atoms with Crippen LogP contribution in [0.4, 0.5) is 5.95 Å². The number of anilines is 1. The van der Waals surface area contributed by atoms with Gasteiger partial charge in [0.25, 0.3) is 0 Å². The molecule has 0 aliphatic heterocycles. The number of hydrogen-bond acceptors (Lipinski definition) is 5. The summed E-state index contributed by atoms with van der Waals surface area (Å²) in [6.45, 7) is 4.31. The Hall–Kier alpha value is -3.68. The molecule has 4 aromatic heterocycles. The third kappa shape index (κ3) is 2.98. The van der Waals surface area contributed by atoms with Crippen LogP contribution in [-0.2, 0) is 12.8 Å². The zero-order valence-corrected chi connectivity index (χ0v) is 17.6. The molecular formula is C23H24N8. The number of nitrogens with zero attached hydrogens (tertiary/aromatic N) is 6. The van der Waals surface area contributed by atoms with E-state index in [1.807, 2.05) is 21.5 Å². The Balaban J connectivity index is 1.40. The van der Waals surface area contributed by atoms with Gasteiger partial charge in [0.2, 0.25) is 11.9 Å². The number of aromatic nitrogens is 7. The maximum atomic E-state index is 4.81. The van der Waals surface area contributed by atoms with Crippen molar-refractivity contribution in [3.63, 3.8) is 0 Å². The number of fused-ring (bicyclic) bond motifs is 4.